The highest BCUT2D eigenvalue weighted by Gasteiger charge is 2.47. The first-order valence-electron chi connectivity index (χ1n) is 8.19. The Morgan fingerprint density at radius 2 is 2.32 bits per heavy atom. The topological polar surface area (TPSA) is 78.6 Å². The van der Waals surface area contributed by atoms with Crippen LogP contribution in [0, 0.1) is 0 Å². The molecular formula is C19H17NO5. The van der Waals surface area contributed by atoms with E-state index in [2.05, 4.69) is 4.98 Å². The quantitative estimate of drug-likeness (QED) is 0.800. The van der Waals surface area contributed by atoms with Crippen molar-refractivity contribution in [2.24, 2.45) is 0 Å². The maximum atomic E-state index is 12.4. The predicted molar refractivity (Wildman–Crippen MR) is 90.0 cm³/mol. The zero-order chi connectivity index (χ0) is 17.4. The molecule has 4 rings (SSSR count). The molecule has 0 radical (unpaired) electrons. The maximum Gasteiger partial charge on any atom is 0.347 e. The molecule has 0 spiro atoms. The second-order valence-corrected chi connectivity index (χ2v) is 6.41. The van der Waals surface area contributed by atoms with Crippen LogP contribution in [0.4, 0.5) is 0 Å². The van der Waals surface area contributed by atoms with Crippen molar-refractivity contribution in [3.05, 3.63) is 52.1 Å². The minimum atomic E-state index is -0.772. The fraction of sp³-hybridized carbons (Fsp3) is 0.316. The van der Waals surface area contributed by atoms with Gasteiger partial charge in [0, 0.05) is 24.0 Å². The van der Waals surface area contributed by atoms with Crippen molar-refractivity contribution in [2.45, 2.75) is 37.9 Å². The Bertz CT molecular complexity index is 902. The van der Waals surface area contributed by atoms with E-state index in [1.807, 2.05) is 19.1 Å². The highest BCUT2D eigenvalue weighted by molar-refractivity contribution is 5.68. The molecule has 128 valence electrons. The summed E-state index contributed by atoms with van der Waals surface area (Å²) in [6.07, 6.45) is 7.09. The second kappa shape index (κ2) is 5.88. The minimum absolute atomic E-state index is 0.382. The van der Waals surface area contributed by atoms with Crippen LogP contribution in [0.25, 0.3) is 17.4 Å². The van der Waals surface area contributed by atoms with Gasteiger partial charge in [0.05, 0.1) is 0 Å². The van der Waals surface area contributed by atoms with Crippen LogP contribution in [0.15, 0.2) is 45.4 Å². The van der Waals surface area contributed by atoms with Crippen LogP contribution in [0.1, 0.15) is 31.7 Å². The molecule has 2 atom stereocenters. The van der Waals surface area contributed by atoms with Gasteiger partial charge in [-0.2, -0.15) is 0 Å². The average Bonchev–Trinajstić information content (AvgIpc) is 2.62. The number of ether oxygens (including phenoxy) is 2. The lowest BCUT2D eigenvalue weighted by Gasteiger charge is -2.44. The van der Waals surface area contributed by atoms with Crippen molar-refractivity contribution in [3.63, 3.8) is 0 Å². The molecule has 0 N–H and O–H groups in total. The third kappa shape index (κ3) is 2.54. The zero-order valence-electron chi connectivity index (χ0n) is 13.7. The van der Waals surface area contributed by atoms with Crippen molar-refractivity contribution in [3.8, 4) is 17.1 Å². The summed E-state index contributed by atoms with van der Waals surface area (Å²) in [5.41, 5.74) is 0.803. The molecule has 1 aliphatic carbocycles. The van der Waals surface area contributed by atoms with Gasteiger partial charge in [-0.25, -0.2) is 4.79 Å². The first-order chi connectivity index (χ1) is 12.1. The number of pyridine rings is 1. The first kappa shape index (κ1) is 15.6. The number of carbonyl (C=O) groups is 1. The number of aromatic nitrogens is 1. The summed E-state index contributed by atoms with van der Waals surface area (Å²) in [6, 6.07) is 5.27. The number of fused-ring (bicyclic) bond motifs is 2. The van der Waals surface area contributed by atoms with Crippen LogP contribution in [0.3, 0.4) is 0 Å². The molecule has 0 saturated heterocycles. The maximum absolute atomic E-state index is 12.4. The predicted octanol–water partition coefficient (Wildman–Crippen LogP) is 2.96. The van der Waals surface area contributed by atoms with E-state index < -0.39 is 11.2 Å². The van der Waals surface area contributed by atoms with Gasteiger partial charge < -0.3 is 13.9 Å². The van der Waals surface area contributed by atoms with E-state index in [0.717, 1.165) is 24.8 Å². The van der Waals surface area contributed by atoms with Gasteiger partial charge in [0.1, 0.15) is 23.2 Å². The molecule has 0 bridgehead atoms. The second-order valence-electron chi connectivity index (χ2n) is 6.41. The van der Waals surface area contributed by atoms with E-state index in [1.54, 1.807) is 24.5 Å². The van der Waals surface area contributed by atoms with E-state index in [4.69, 9.17) is 13.9 Å². The molecule has 2 aromatic heterocycles. The van der Waals surface area contributed by atoms with Gasteiger partial charge in [0.25, 0.3) is 6.47 Å². The molecule has 2 aromatic rings. The summed E-state index contributed by atoms with van der Waals surface area (Å²) in [4.78, 5) is 27.3. The lowest BCUT2D eigenvalue weighted by Crippen LogP contribution is -2.51. The highest BCUT2D eigenvalue weighted by Crippen LogP contribution is 2.44. The van der Waals surface area contributed by atoms with Gasteiger partial charge in [-0.3, -0.25) is 9.78 Å². The molecule has 1 fully saturated rings. The van der Waals surface area contributed by atoms with Gasteiger partial charge in [-0.05, 0) is 50.0 Å². The van der Waals surface area contributed by atoms with Crippen LogP contribution < -0.4 is 10.4 Å². The lowest BCUT2D eigenvalue weighted by molar-refractivity contribution is -0.145. The molecule has 2 aliphatic rings. The van der Waals surface area contributed by atoms with Gasteiger partial charge in [-0.15, -0.1) is 0 Å². The Morgan fingerprint density at radius 3 is 3.08 bits per heavy atom. The SMILES string of the molecule is C[C@@]12Oc3cc(-c4cccnc4)oc(=O)c3C=C1CCC[C@@H]2OC=O. The average molecular weight is 339 g/mol. The van der Waals surface area contributed by atoms with Gasteiger partial charge >= 0.3 is 5.63 Å². The fourth-order valence-electron chi connectivity index (χ4n) is 3.57. The van der Waals surface area contributed by atoms with Gasteiger partial charge in [0.2, 0.25) is 0 Å². The number of nitrogens with zero attached hydrogens (tertiary/aromatic N) is 1. The molecule has 1 aliphatic heterocycles. The van der Waals surface area contributed by atoms with E-state index in [0.29, 0.717) is 29.1 Å². The molecule has 1 saturated carbocycles. The van der Waals surface area contributed by atoms with E-state index in [-0.39, 0.29) is 6.10 Å². The minimum Gasteiger partial charge on any atom is -0.478 e. The zero-order valence-corrected chi connectivity index (χ0v) is 13.7. The van der Waals surface area contributed by atoms with Crippen molar-refractivity contribution >= 4 is 12.5 Å². The van der Waals surface area contributed by atoms with Gasteiger partial charge in [-0.1, -0.05) is 0 Å². The van der Waals surface area contributed by atoms with Crippen molar-refractivity contribution in [2.75, 3.05) is 0 Å². The Balaban J connectivity index is 1.82. The Morgan fingerprint density at radius 1 is 1.44 bits per heavy atom. The van der Waals surface area contributed by atoms with Gasteiger partial charge in [0.15, 0.2) is 5.60 Å². The number of carbonyl (C=O) groups excluding carboxylic acids is 1. The summed E-state index contributed by atoms with van der Waals surface area (Å²) >= 11 is 0. The molecule has 6 heteroatoms. The number of hydrogen-bond donors (Lipinski definition) is 0. The molecule has 0 unspecified atom stereocenters. The Labute approximate surface area is 144 Å². The smallest absolute Gasteiger partial charge is 0.347 e. The van der Waals surface area contributed by atoms with Crippen molar-refractivity contribution in [1.29, 1.82) is 0 Å². The molecule has 6 nitrogen and oxygen atoms in total. The van der Waals surface area contributed by atoms with Crippen LogP contribution in [-0.2, 0) is 9.53 Å². The van der Waals surface area contributed by atoms with E-state index in [1.165, 1.54) is 0 Å². The first-order valence-corrected chi connectivity index (χ1v) is 8.19. The molecular weight excluding hydrogens is 322 g/mol. The molecule has 25 heavy (non-hydrogen) atoms. The normalized spacial score (nSPS) is 24.4. The summed E-state index contributed by atoms with van der Waals surface area (Å²) in [6.45, 7) is 2.35. The lowest BCUT2D eigenvalue weighted by atomic mass is 9.77. The molecule has 0 amide bonds. The third-order valence-corrected chi connectivity index (χ3v) is 4.92. The van der Waals surface area contributed by atoms with Crippen molar-refractivity contribution < 1.29 is 18.7 Å². The number of hydrogen-bond acceptors (Lipinski definition) is 6. The summed E-state index contributed by atoms with van der Waals surface area (Å²) < 4.78 is 16.9. The third-order valence-electron chi connectivity index (χ3n) is 4.92. The van der Waals surface area contributed by atoms with E-state index >= 15 is 0 Å². The van der Waals surface area contributed by atoms with Crippen LogP contribution in [0.5, 0.6) is 5.75 Å². The van der Waals surface area contributed by atoms with Crippen LogP contribution >= 0.6 is 0 Å². The molecule has 0 aromatic carbocycles. The van der Waals surface area contributed by atoms with E-state index in [9.17, 15) is 9.59 Å². The number of rotatable bonds is 3. The van der Waals surface area contributed by atoms with Crippen LogP contribution in [-0.4, -0.2) is 23.2 Å². The molecule has 3 heterocycles. The Hall–Kier alpha value is -2.89. The fourth-order valence-corrected chi connectivity index (χ4v) is 3.57. The Kier molecular flexibility index (Phi) is 3.67. The standard InChI is InChI=1S/C19H17NO5/c1-19-13(5-2-6-17(19)23-11-21)8-14-16(25-19)9-15(24-18(14)22)12-4-3-7-20-10-12/h3-4,7-11,17H,2,5-6H2,1H3/t17-,19+/m0/s1. The largest absolute Gasteiger partial charge is 0.478 e. The highest BCUT2D eigenvalue weighted by atomic mass is 16.6. The summed E-state index contributed by atoms with van der Waals surface area (Å²) in [7, 11) is 0. The van der Waals surface area contributed by atoms with Crippen molar-refractivity contribution in [1.82, 2.24) is 4.98 Å². The summed E-state index contributed by atoms with van der Waals surface area (Å²) in [5, 5.41) is 0. The van der Waals surface area contributed by atoms with Crippen LogP contribution in [0.2, 0.25) is 0 Å². The monoisotopic (exact) mass is 339 g/mol. The summed E-state index contributed by atoms with van der Waals surface area (Å²) in [5.74, 6) is 0.823.